The van der Waals surface area contributed by atoms with Crippen molar-refractivity contribution in [2.45, 2.75) is 6.42 Å². The first-order valence-corrected chi connectivity index (χ1v) is 7.15. The Hall–Kier alpha value is -0.940. The Bertz CT molecular complexity index is 448. The lowest BCUT2D eigenvalue weighted by Crippen LogP contribution is -2.43. The molecular weight excluding hydrogens is 294 g/mol. The number of amides is 1. The lowest BCUT2D eigenvalue weighted by atomic mass is 9.88. The maximum atomic E-state index is 12.3. The van der Waals surface area contributed by atoms with E-state index in [2.05, 4.69) is 26.2 Å². The summed E-state index contributed by atoms with van der Waals surface area (Å²) in [6.45, 7) is 3.89. The molecule has 0 aromatic carbocycles. The third kappa shape index (κ3) is 2.29. The van der Waals surface area contributed by atoms with Crippen molar-refractivity contribution >= 4 is 21.8 Å². The summed E-state index contributed by atoms with van der Waals surface area (Å²) in [5.74, 6) is 1.44. The quantitative estimate of drug-likeness (QED) is 0.855. The highest BCUT2D eigenvalue weighted by atomic mass is 79.9. The molecule has 18 heavy (non-hydrogen) atoms. The number of hydrogen-bond donors (Lipinski definition) is 1. The molecular formula is C13H16BrN3O. The Morgan fingerprint density at radius 1 is 1.39 bits per heavy atom. The second-order valence-electron chi connectivity index (χ2n) is 5.08. The SMILES string of the molecule is O=C(c1ccc(Br)cn1)N1CCC2CNCC2C1. The van der Waals surface area contributed by atoms with Crippen LogP contribution in [0.4, 0.5) is 0 Å². The van der Waals surface area contributed by atoms with Crippen LogP contribution < -0.4 is 5.32 Å². The van der Waals surface area contributed by atoms with Crippen molar-refractivity contribution in [3.8, 4) is 0 Å². The van der Waals surface area contributed by atoms with Gasteiger partial charge in [-0.2, -0.15) is 0 Å². The average Bonchev–Trinajstić information content (AvgIpc) is 2.86. The van der Waals surface area contributed by atoms with E-state index < -0.39 is 0 Å². The molecule has 96 valence electrons. The number of hydrogen-bond acceptors (Lipinski definition) is 3. The maximum absolute atomic E-state index is 12.3. The van der Waals surface area contributed by atoms with Gasteiger partial charge in [0.15, 0.2) is 0 Å². The highest BCUT2D eigenvalue weighted by Crippen LogP contribution is 2.27. The van der Waals surface area contributed by atoms with E-state index in [1.807, 2.05) is 11.0 Å². The Morgan fingerprint density at radius 3 is 3.00 bits per heavy atom. The molecule has 3 rings (SSSR count). The summed E-state index contributed by atoms with van der Waals surface area (Å²) in [5, 5.41) is 3.41. The zero-order chi connectivity index (χ0) is 12.5. The number of fused-ring (bicyclic) bond motifs is 1. The van der Waals surface area contributed by atoms with Crippen molar-refractivity contribution < 1.29 is 4.79 Å². The third-order valence-electron chi connectivity index (χ3n) is 3.94. The zero-order valence-electron chi connectivity index (χ0n) is 10.1. The molecule has 0 saturated carbocycles. The van der Waals surface area contributed by atoms with Crippen LogP contribution in [-0.2, 0) is 0 Å². The van der Waals surface area contributed by atoms with Crippen molar-refractivity contribution in [2.75, 3.05) is 26.2 Å². The summed E-state index contributed by atoms with van der Waals surface area (Å²) in [6, 6.07) is 3.65. The van der Waals surface area contributed by atoms with Crippen molar-refractivity contribution in [1.82, 2.24) is 15.2 Å². The fraction of sp³-hybridized carbons (Fsp3) is 0.538. The summed E-state index contributed by atoms with van der Waals surface area (Å²) in [5.41, 5.74) is 0.544. The van der Waals surface area contributed by atoms with Crippen LogP contribution in [0.1, 0.15) is 16.9 Å². The summed E-state index contributed by atoms with van der Waals surface area (Å²) in [7, 11) is 0. The van der Waals surface area contributed by atoms with Gasteiger partial charge < -0.3 is 10.2 Å². The number of aromatic nitrogens is 1. The van der Waals surface area contributed by atoms with Crippen LogP contribution in [0.25, 0.3) is 0 Å². The van der Waals surface area contributed by atoms with Gasteiger partial charge in [0.05, 0.1) is 0 Å². The van der Waals surface area contributed by atoms with Gasteiger partial charge in [-0.1, -0.05) is 0 Å². The predicted molar refractivity (Wildman–Crippen MR) is 72.3 cm³/mol. The van der Waals surface area contributed by atoms with Gasteiger partial charge in [0.25, 0.3) is 5.91 Å². The number of piperidine rings is 1. The monoisotopic (exact) mass is 309 g/mol. The molecule has 1 aromatic rings. The average molecular weight is 310 g/mol. The van der Waals surface area contributed by atoms with E-state index in [-0.39, 0.29) is 5.91 Å². The molecule has 2 fully saturated rings. The molecule has 1 aromatic heterocycles. The van der Waals surface area contributed by atoms with Crippen molar-refractivity contribution in [3.63, 3.8) is 0 Å². The highest BCUT2D eigenvalue weighted by molar-refractivity contribution is 9.10. The van der Waals surface area contributed by atoms with Gasteiger partial charge in [-0.25, -0.2) is 4.98 Å². The third-order valence-corrected chi connectivity index (χ3v) is 4.41. The molecule has 2 aliphatic heterocycles. The van der Waals surface area contributed by atoms with Gasteiger partial charge in [-0.3, -0.25) is 4.79 Å². The molecule has 3 heterocycles. The minimum atomic E-state index is 0.0628. The van der Waals surface area contributed by atoms with Gasteiger partial charge >= 0.3 is 0 Å². The van der Waals surface area contributed by atoms with Crippen LogP contribution >= 0.6 is 15.9 Å². The number of halogens is 1. The molecule has 0 radical (unpaired) electrons. The number of carbonyl (C=O) groups is 1. The topological polar surface area (TPSA) is 45.2 Å². The predicted octanol–water partition coefficient (Wildman–Crippen LogP) is 1.53. The van der Waals surface area contributed by atoms with Crippen LogP contribution in [-0.4, -0.2) is 42.0 Å². The van der Waals surface area contributed by atoms with Crippen LogP contribution in [0.2, 0.25) is 0 Å². The van der Waals surface area contributed by atoms with E-state index in [4.69, 9.17) is 0 Å². The minimum absolute atomic E-state index is 0.0628. The van der Waals surface area contributed by atoms with Gasteiger partial charge in [-0.15, -0.1) is 0 Å². The largest absolute Gasteiger partial charge is 0.337 e. The van der Waals surface area contributed by atoms with Gasteiger partial charge in [-0.05, 0) is 59.4 Å². The fourth-order valence-corrected chi connectivity index (χ4v) is 3.12. The van der Waals surface area contributed by atoms with Crippen LogP contribution in [0, 0.1) is 11.8 Å². The number of likely N-dealkylation sites (tertiary alicyclic amines) is 1. The van der Waals surface area contributed by atoms with Gasteiger partial charge in [0.1, 0.15) is 5.69 Å². The summed E-state index contributed by atoms with van der Waals surface area (Å²) >= 11 is 3.33. The van der Waals surface area contributed by atoms with Crippen molar-refractivity contribution in [2.24, 2.45) is 11.8 Å². The molecule has 2 saturated heterocycles. The standard InChI is InChI=1S/C13H16BrN3O/c14-11-1-2-12(16-7-11)13(18)17-4-3-9-5-15-6-10(9)8-17/h1-2,7,9-10,15H,3-6,8H2. The molecule has 0 spiro atoms. The van der Waals surface area contributed by atoms with Gasteiger partial charge in [0, 0.05) is 23.8 Å². The molecule has 5 heteroatoms. The van der Waals surface area contributed by atoms with E-state index in [1.54, 1.807) is 12.3 Å². The Balaban J connectivity index is 1.71. The highest BCUT2D eigenvalue weighted by Gasteiger charge is 2.34. The Labute approximate surface area is 115 Å². The van der Waals surface area contributed by atoms with E-state index in [0.29, 0.717) is 11.6 Å². The summed E-state index contributed by atoms with van der Waals surface area (Å²) in [6.07, 6.45) is 2.79. The van der Waals surface area contributed by atoms with E-state index >= 15 is 0 Å². The normalized spacial score (nSPS) is 27.1. The lowest BCUT2D eigenvalue weighted by molar-refractivity contribution is 0.0636. The summed E-state index contributed by atoms with van der Waals surface area (Å²) in [4.78, 5) is 18.5. The smallest absolute Gasteiger partial charge is 0.272 e. The van der Waals surface area contributed by atoms with Crippen LogP contribution in [0.3, 0.4) is 0 Å². The zero-order valence-corrected chi connectivity index (χ0v) is 11.7. The maximum Gasteiger partial charge on any atom is 0.272 e. The fourth-order valence-electron chi connectivity index (χ4n) is 2.88. The van der Waals surface area contributed by atoms with Crippen molar-refractivity contribution in [1.29, 1.82) is 0 Å². The second-order valence-corrected chi connectivity index (χ2v) is 6.00. The van der Waals surface area contributed by atoms with E-state index in [1.165, 1.54) is 0 Å². The molecule has 4 nitrogen and oxygen atoms in total. The van der Waals surface area contributed by atoms with E-state index in [9.17, 15) is 4.79 Å². The van der Waals surface area contributed by atoms with E-state index in [0.717, 1.165) is 43.0 Å². The molecule has 1 amide bonds. The first kappa shape index (κ1) is 12.1. The number of nitrogens with one attached hydrogen (secondary N) is 1. The molecule has 0 aliphatic carbocycles. The minimum Gasteiger partial charge on any atom is -0.337 e. The molecule has 2 unspecified atom stereocenters. The van der Waals surface area contributed by atoms with Gasteiger partial charge in [0.2, 0.25) is 0 Å². The Kier molecular flexibility index (Phi) is 3.35. The Morgan fingerprint density at radius 2 is 2.22 bits per heavy atom. The first-order chi connectivity index (χ1) is 8.74. The summed E-state index contributed by atoms with van der Waals surface area (Å²) < 4.78 is 0.901. The number of nitrogens with zero attached hydrogens (tertiary/aromatic N) is 2. The molecule has 0 bridgehead atoms. The van der Waals surface area contributed by atoms with Crippen LogP contribution in [0.5, 0.6) is 0 Å². The molecule has 2 aliphatic rings. The lowest BCUT2D eigenvalue weighted by Gasteiger charge is -2.34. The number of rotatable bonds is 1. The van der Waals surface area contributed by atoms with Crippen LogP contribution in [0.15, 0.2) is 22.8 Å². The van der Waals surface area contributed by atoms with Crippen molar-refractivity contribution in [3.05, 3.63) is 28.5 Å². The second kappa shape index (κ2) is 4.97. The number of carbonyl (C=O) groups excluding carboxylic acids is 1. The molecule has 2 atom stereocenters. The first-order valence-electron chi connectivity index (χ1n) is 6.35. The number of pyridine rings is 1. The molecule has 1 N–H and O–H groups in total.